The van der Waals surface area contributed by atoms with Gasteiger partial charge in [0.15, 0.2) is 0 Å². The topological polar surface area (TPSA) is 56.9 Å². The van der Waals surface area contributed by atoms with E-state index in [9.17, 15) is 0 Å². The highest BCUT2D eigenvalue weighted by atomic mass is 16.5. The van der Waals surface area contributed by atoms with Crippen molar-refractivity contribution in [1.82, 2.24) is 24.6 Å². The van der Waals surface area contributed by atoms with Gasteiger partial charge in [0.25, 0.3) is 0 Å². The Hall–Kier alpha value is -1.66. The van der Waals surface area contributed by atoms with Crippen LogP contribution in [0.3, 0.4) is 0 Å². The molecular weight excluding hydrogens is 230 g/mol. The van der Waals surface area contributed by atoms with Gasteiger partial charge in [0.1, 0.15) is 12.4 Å². The fourth-order valence-corrected chi connectivity index (χ4v) is 2.18. The molecule has 1 aliphatic rings. The van der Waals surface area contributed by atoms with Gasteiger partial charge < -0.3 is 14.6 Å². The van der Waals surface area contributed by atoms with E-state index in [1.165, 1.54) is 5.56 Å². The van der Waals surface area contributed by atoms with Crippen molar-refractivity contribution in [2.24, 2.45) is 7.05 Å². The molecule has 6 nitrogen and oxygen atoms in total. The van der Waals surface area contributed by atoms with Crippen molar-refractivity contribution in [1.29, 1.82) is 0 Å². The molecule has 6 heteroatoms. The highest BCUT2D eigenvalue weighted by molar-refractivity contribution is 5.03. The van der Waals surface area contributed by atoms with Gasteiger partial charge in [0, 0.05) is 44.3 Å². The molecule has 2 aromatic heterocycles. The summed E-state index contributed by atoms with van der Waals surface area (Å²) in [7, 11) is 1.92. The van der Waals surface area contributed by atoms with Crippen LogP contribution >= 0.6 is 0 Å². The minimum absolute atomic E-state index is 0.211. The molecule has 18 heavy (non-hydrogen) atoms. The Bertz CT molecular complexity index is 518. The first kappa shape index (κ1) is 11.4. The maximum Gasteiger partial charge on any atom is 0.134 e. The van der Waals surface area contributed by atoms with E-state index in [4.69, 9.17) is 4.74 Å². The number of nitrogens with one attached hydrogen (secondary N) is 1. The summed E-state index contributed by atoms with van der Waals surface area (Å²) in [5.41, 5.74) is 1.19. The van der Waals surface area contributed by atoms with E-state index in [1.807, 2.05) is 36.5 Å². The Morgan fingerprint density at radius 2 is 2.50 bits per heavy atom. The van der Waals surface area contributed by atoms with Crippen molar-refractivity contribution in [2.75, 3.05) is 6.54 Å². The number of hydrogen-bond donors (Lipinski definition) is 1. The highest BCUT2D eigenvalue weighted by Crippen LogP contribution is 2.11. The van der Waals surface area contributed by atoms with Gasteiger partial charge >= 0.3 is 0 Å². The number of fused-ring (bicyclic) bond motifs is 1. The Kier molecular flexibility index (Phi) is 3.12. The monoisotopic (exact) mass is 247 g/mol. The fraction of sp³-hybridized carbons (Fsp3) is 0.500. The van der Waals surface area contributed by atoms with Crippen LogP contribution in [0.2, 0.25) is 0 Å². The SMILES string of the molecule is Cn1cc(CNC[C@H]2Cn3ccnc3CO2)cn1. The second-order valence-corrected chi connectivity index (χ2v) is 4.58. The third-order valence-electron chi connectivity index (χ3n) is 3.11. The molecule has 0 aromatic carbocycles. The van der Waals surface area contributed by atoms with Gasteiger partial charge in [0.2, 0.25) is 0 Å². The van der Waals surface area contributed by atoms with Crippen LogP contribution in [0.5, 0.6) is 0 Å². The zero-order chi connectivity index (χ0) is 12.4. The van der Waals surface area contributed by atoms with E-state index < -0.39 is 0 Å². The molecule has 0 bridgehead atoms. The van der Waals surface area contributed by atoms with Crippen LogP contribution in [0.4, 0.5) is 0 Å². The molecule has 0 radical (unpaired) electrons. The van der Waals surface area contributed by atoms with Gasteiger partial charge in [-0.05, 0) is 0 Å². The molecule has 0 saturated heterocycles. The molecule has 0 aliphatic carbocycles. The van der Waals surface area contributed by atoms with E-state index >= 15 is 0 Å². The number of aromatic nitrogens is 4. The lowest BCUT2D eigenvalue weighted by Crippen LogP contribution is -2.35. The minimum atomic E-state index is 0.211. The fourth-order valence-electron chi connectivity index (χ4n) is 2.18. The smallest absolute Gasteiger partial charge is 0.134 e. The molecule has 3 heterocycles. The van der Waals surface area contributed by atoms with Gasteiger partial charge in [-0.3, -0.25) is 4.68 Å². The second-order valence-electron chi connectivity index (χ2n) is 4.58. The molecule has 1 atom stereocenters. The van der Waals surface area contributed by atoms with Crippen molar-refractivity contribution in [2.45, 2.75) is 25.8 Å². The number of aryl methyl sites for hydroxylation is 1. The van der Waals surface area contributed by atoms with Crippen LogP contribution in [-0.4, -0.2) is 32.0 Å². The Balaban J connectivity index is 1.47. The molecule has 3 rings (SSSR count). The lowest BCUT2D eigenvalue weighted by Gasteiger charge is -2.24. The summed E-state index contributed by atoms with van der Waals surface area (Å²) in [5, 5.41) is 7.53. The summed E-state index contributed by atoms with van der Waals surface area (Å²) in [6, 6.07) is 0. The van der Waals surface area contributed by atoms with Crippen LogP contribution < -0.4 is 5.32 Å². The summed E-state index contributed by atoms with van der Waals surface area (Å²) in [6.07, 6.45) is 7.94. The van der Waals surface area contributed by atoms with Gasteiger partial charge in [0.05, 0.1) is 18.8 Å². The number of imidazole rings is 1. The van der Waals surface area contributed by atoms with Crippen LogP contribution in [0.15, 0.2) is 24.8 Å². The summed E-state index contributed by atoms with van der Waals surface area (Å²) in [4.78, 5) is 4.23. The first-order valence-corrected chi connectivity index (χ1v) is 6.11. The predicted molar refractivity (Wildman–Crippen MR) is 65.7 cm³/mol. The van der Waals surface area contributed by atoms with Gasteiger partial charge in [-0.1, -0.05) is 0 Å². The third kappa shape index (κ3) is 2.44. The number of nitrogens with zero attached hydrogens (tertiary/aromatic N) is 4. The van der Waals surface area contributed by atoms with Gasteiger partial charge in [-0.2, -0.15) is 5.10 Å². The molecular formula is C12H17N5O. The predicted octanol–water partition coefficient (Wildman–Crippen LogP) is 0.305. The minimum Gasteiger partial charge on any atom is -0.367 e. The maximum atomic E-state index is 5.74. The average Bonchev–Trinajstić information content (AvgIpc) is 2.97. The molecule has 0 fully saturated rings. The number of rotatable bonds is 4. The zero-order valence-electron chi connectivity index (χ0n) is 10.4. The van der Waals surface area contributed by atoms with Crippen molar-refractivity contribution in [3.05, 3.63) is 36.2 Å². The summed E-state index contributed by atoms with van der Waals surface area (Å²) < 4.78 is 9.70. The van der Waals surface area contributed by atoms with Gasteiger partial charge in [-0.25, -0.2) is 4.98 Å². The van der Waals surface area contributed by atoms with Crippen molar-refractivity contribution in [3.8, 4) is 0 Å². The molecule has 0 amide bonds. The van der Waals surface area contributed by atoms with Crippen molar-refractivity contribution >= 4 is 0 Å². The normalized spacial score (nSPS) is 18.8. The summed E-state index contributed by atoms with van der Waals surface area (Å²) >= 11 is 0. The second kappa shape index (κ2) is 4.91. The zero-order valence-corrected chi connectivity index (χ0v) is 10.4. The Morgan fingerprint density at radius 3 is 3.33 bits per heavy atom. The van der Waals surface area contributed by atoms with Crippen molar-refractivity contribution < 1.29 is 4.74 Å². The molecule has 1 N–H and O–H groups in total. The average molecular weight is 247 g/mol. The van der Waals surface area contributed by atoms with E-state index in [1.54, 1.807) is 0 Å². The molecule has 2 aromatic rings. The quantitative estimate of drug-likeness (QED) is 0.844. The number of hydrogen-bond acceptors (Lipinski definition) is 4. The summed E-state index contributed by atoms with van der Waals surface area (Å²) in [6.45, 7) is 3.14. The molecule has 96 valence electrons. The van der Waals surface area contributed by atoms with Crippen LogP contribution in [0, 0.1) is 0 Å². The largest absolute Gasteiger partial charge is 0.367 e. The summed E-state index contributed by atoms with van der Waals surface area (Å²) in [5.74, 6) is 1.01. The van der Waals surface area contributed by atoms with Crippen molar-refractivity contribution in [3.63, 3.8) is 0 Å². The number of ether oxygens (including phenoxy) is 1. The molecule has 0 unspecified atom stereocenters. The van der Waals surface area contributed by atoms with E-state index in [0.29, 0.717) is 6.61 Å². The molecule has 0 saturated carbocycles. The molecule has 0 spiro atoms. The maximum absolute atomic E-state index is 5.74. The standard InChI is InChI=1S/C12H17N5O/c1-16-7-10(5-15-16)4-13-6-11-8-17-3-2-14-12(17)9-18-11/h2-3,5,7,11,13H,4,6,8-9H2,1H3/t11-/m0/s1. The Labute approximate surface area is 106 Å². The van der Waals surface area contributed by atoms with E-state index in [0.717, 1.165) is 25.5 Å². The van der Waals surface area contributed by atoms with E-state index in [-0.39, 0.29) is 6.10 Å². The van der Waals surface area contributed by atoms with Gasteiger partial charge in [-0.15, -0.1) is 0 Å². The van der Waals surface area contributed by atoms with Crippen LogP contribution in [-0.2, 0) is 31.5 Å². The highest BCUT2D eigenvalue weighted by Gasteiger charge is 2.18. The Morgan fingerprint density at radius 1 is 1.56 bits per heavy atom. The lowest BCUT2D eigenvalue weighted by atomic mass is 10.3. The lowest BCUT2D eigenvalue weighted by molar-refractivity contribution is 0.00278. The third-order valence-corrected chi connectivity index (χ3v) is 3.11. The first-order chi connectivity index (χ1) is 8.81. The van der Waals surface area contributed by atoms with Crippen LogP contribution in [0.25, 0.3) is 0 Å². The van der Waals surface area contributed by atoms with Crippen LogP contribution in [0.1, 0.15) is 11.4 Å². The molecule has 1 aliphatic heterocycles. The first-order valence-electron chi connectivity index (χ1n) is 6.11. The van der Waals surface area contributed by atoms with E-state index in [2.05, 4.69) is 20.0 Å².